The first-order chi connectivity index (χ1) is 9.10. The molecule has 19 heavy (non-hydrogen) atoms. The first-order valence-electron chi connectivity index (χ1n) is 7.48. The minimum absolute atomic E-state index is 0.240. The number of hydrogen-bond acceptors (Lipinski definition) is 3. The van der Waals surface area contributed by atoms with Crippen LogP contribution in [0.5, 0.6) is 0 Å². The topological polar surface area (TPSA) is 35.6 Å². The smallest absolute Gasteiger partial charge is 0.237 e. The fraction of sp³-hybridized carbons (Fsp3) is 0.800. The molecular formula is C15H27N3O. The van der Waals surface area contributed by atoms with Crippen LogP contribution in [-0.4, -0.2) is 61.0 Å². The molecule has 2 aliphatic rings. The monoisotopic (exact) mass is 265 g/mol. The number of nitrogens with zero attached hydrogens (tertiary/aromatic N) is 2. The van der Waals surface area contributed by atoms with Crippen LogP contribution >= 0.6 is 0 Å². The largest absolute Gasteiger partial charge is 0.338 e. The number of likely N-dealkylation sites (tertiary alicyclic amines) is 1. The van der Waals surface area contributed by atoms with Gasteiger partial charge in [-0.05, 0) is 39.2 Å². The molecule has 1 amide bonds. The Morgan fingerprint density at radius 2 is 2.26 bits per heavy atom. The maximum absolute atomic E-state index is 12.3. The zero-order chi connectivity index (χ0) is 13.8. The van der Waals surface area contributed by atoms with Crippen molar-refractivity contribution in [3.05, 3.63) is 12.2 Å². The van der Waals surface area contributed by atoms with Crippen LogP contribution in [0.1, 0.15) is 26.7 Å². The van der Waals surface area contributed by atoms with Crippen molar-refractivity contribution in [1.82, 2.24) is 15.1 Å². The molecule has 0 aromatic rings. The molecule has 0 spiro atoms. The Labute approximate surface area is 116 Å². The molecule has 2 aliphatic heterocycles. The maximum atomic E-state index is 12.3. The summed E-state index contributed by atoms with van der Waals surface area (Å²) in [5.41, 5.74) is 1.05. The van der Waals surface area contributed by atoms with E-state index in [9.17, 15) is 4.79 Å². The molecule has 4 nitrogen and oxygen atoms in total. The maximum Gasteiger partial charge on any atom is 0.237 e. The van der Waals surface area contributed by atoms with Crippen molar-refractivity contribution in [2.24, 2.45) is 5.92 Å². The van der Waals surface area contributed by atoms with Gasteiger partial charge in [-0.25, -0.2) is 0 Å². The molecule has 2 heterocycles. The molecule has 0 radical (unpaired) electrons. The van der Waals surface area contributed by atoms with Gasteiger partial charge in [0.1, 0.15) is 0 Å². The molecule has 0 bridgehead atoms. The summed E-state index contributed by atoms with van der Waals surface area (Å²) in [6.07, 6.45) is 2.59. The highest BCUT2D eigenvalue weighted by molar-refractivity contribution is 5.78. The SMILES string of the molecule is C=C(C)CN(CC)C(=O)CN1CC2CCCNC2C1. The number of fused-ring (bicyclic) bond motifs is 1. The number of hydrogen-bond donors (Lipinski definition) is 1. The lowest BCUT2D eigenvalue weighted by molar-refractivity contribution is -0.131. The summed E-state index contributed by atoms with van der Waals surface area (Å²) in [7, 11) is 0. The Morgan fingerprint density at radius 3 is 2.89 bits per heavy atom. The van der Waals surface area contributed by atoms with Crippen LogP contribution in [0.25, 0.3) is 0 Å². The van der Waals surface area contributed by atoms with Gasteiger partial charge in [0.15, 0.2) is 0 Å². The molecule has 108 valence electrons. The van der Waals surface area contributed by atoms with Crippen molar-refractivity contribution in [3.8, 4) is 0 Å². The van der Waals surface area contributed by atoms with Gasteiger partial charge in [-0.2, -0.15) is 0 Å². The number of nitrogens with one attached hydrogen (secondary N) is 1. The highest BCUT2D eigenvalue weighted by atomic mass is 16.2. The number of rotatable bonds is 5. The fourth-order valence-electron chi connectivity index (χ4n) is 3.26. The van der Waals surface area contributed by atoms with Crippen molar-refractivity contribution in [2.75, 3.05) is 39.3 Å². The third-order valence-electron chi connectivity index (χ3n) is 4.23. The van der Waals surface area contributed by atoms with Gasteiger partial charge in [0, 0.05) is 32.2 Å². The highest BCUT2D eigenvalue weighted by Gasteiger charge is 2.35. The molecule has 1 N–H and O–H groups in total. The molecule has 2 unspecified atom stereocenters. The highest BCUT2D eigenvalue weighted by Crippen LogP contribution is 2.24. The summed E-state index contributed by atoms with van der Waals surface area (Å²) < 4.78 is 0. The van der Waals surface area contributed by atoms with Crippen molar-refractivity contribution < 1.29 is 4.79 Å². The van der Waals surface area contributed by atoms with E-state index in [1.807, 2.05) is 18.7 Å². The van der Waals surface area contributed by atoms with Crippen LogP contribution in [-0.2, 0) is 4.79 Å². The number of carbonyl (C=O) groups is 1. The second-order valence-electron chi connectivity index (χ2n) is 6.02. The van der Waals surface area contributed by atoms with Crippen LogP contribution in [0, 0.1) is 5.92 Å². The summed E-state index contributed by atoms with van der Waals surface area (Å²) in [5, 5.41) is 3.58. The Hall–Kier alpha value is -0.870. The summed E-state index contributed by atoms with van der Waals surface area (Å²) >= 11 is 0. The van der Waals surface area contributed by atoms with Gasteiger partial charge in [0.05, 0.1) is 6.54 Å². The average molecular weight is 265 g/mol. The Bertz CT molecular complexity index is 328. The molecule has 0 aromatic carbocycles. The van der Waals surface area contributed by atoms with Gasteiger partial charge in [-0.15, -0.1) is 0 Å². The van der Waals surface area contributed by atoms with Crippen LogP contribution < -0.4 is 5.32 Å². The zero-order valence-electron chi connectivity index (χ0n) is 12.3. The first kappa shape index (κ1) is 14.5. The van der Waals surface area contributed by atoms with Crippen molar-refractivity contribution in [3.63, 3.8) is 0 Å². The van der Waals surface area contributed by atoms with Gasteiger partial charge >= 0.3 is 0 Å². The number of piperidine rings is 1. The quantitative estimate of drug-likeness (QED) is 0.756. The van der Waals surface area contributed by atoms with E-state index in [1.54, 1.807) is 0 Å². The summed E-state index contributed by atoms with van der Waals surface area (Å²) in [5.74, 6) is 0.988. The molecular weight excluding hydrogens is 238 g/mol. The Morgan fingerprint density at radius 1 is 1.47 bits per heavy atom. The van der Waals surface area contributed by atoms with Crippen molar-refractivity contribution in [2.45, 2.75) is 32.7 Å². The van der Waals surface area contributed by atoms with Crippen LogP contribution in [0.2, 0.25) is 0 Å². The summed E-state index contributed by atoms with van der Waals surface area (Å²) in [6, 6.07) is 0.609. The summed E-state index contributed by atoms with van der Waals surface area (Å²) in [4.78, 5) is 16.5. The van der Waals surface area contributed by atoms with E-state index in [0.717, 1.165) is 37.7 Å². The number of amides is 1. The van der Waals surface area contributed by atoms with E-state index in [1.165, 1.54) is 12.8 Å². The van der Waals surface area contributed by atoms with Gasteiger partial charge < -0.3 is 10.2 Å². The van der Waals surface area contributed by atoms with Gasteiger partial charge in [0.2, 0.25) is 5.91 Å². The van der Waals surface area contributed by atoms with E-state index >= 15 is 0 Å². The van der Waals surface area contributed by atoms with Crippen LogP contribution in [0.15, 0.2) is 12.2 Å². The third-order valence-corrected chi connectivity index (χ3v) is 4.23. The van der Waals surface area contributed by atoms with Crippen LogP contribution in [0.3, 0.4) is 0 Å². The number of carbonyl (C=O) groups excluding carboxylic acids is 1. The molecule has 2 atom stereocenters. The fourth-order valence-corrected chi connectivity index (χ4v) is 3.26. The summed E-state index contributed by atoms with van der Waals surface area (Å²) in [6.45, 7) is 13.2. The normalized spacial score (nSPS) is 27.1. The minimum atomic E-state index is 0.240. The molecule has 2 saturated heterocycles. The Kier molecular flexibility index (Phi) is 4.99. The second kappa shape index (κ2) is 6.53. The number of likely N-dealkylation sites (N-methyl/N-ethyl adjacent to an activating group) is 1. The Balaban J connectivity index is 1.83. The predicted octanol–water partition coefficient (Wildman–Crippen LogP) is 1.09. The molecule has 4 heteroatoms. The van der Waals surface area contributed by atoms with E-state index in [0.29, 0.717) is 19.1 Å². The van der Waals surface area contributed by atoms with E-state index in [2.05, 4.69) is 16.8 Å². The van der Waals surface area contributed by atoms with Crippen molar-refractivity contribution >= 4 is 5.91 Å². The standard InChI is InChI=1S/C15H27N3O/c1-4-18(8-12(2)3)15(19)11-17-9-13-6-5-7-16-14(13)10-17/h13-14,16H,2,4-11H2,1,3H3. The zero-order valence-corrected chi connectivity index (χ0v) is 12.3. The molecule has 2 fully saturated rings. The minimum Gasteiger partial charge on any atom is -0.338 e. The van der Waals surface area contributed by atoms with E-state index < -0.39 is 0 Å². The predicted molar refractivity (Wildman–Crippen MR) is 78.0 cm³/mol. The van der Waals surface area contributed by atoms with E-state index in [4.69, 9.17) is 0 Å². The van der Waals surface area contributed by atoms with Gasteiger partial charge in [0.25, 0.3) is 0 Å². The van der Waals surface area contributed by atoms with Crippen LogP contribution in [0.4, 0.5) is 0 Å². The average Bonchev–Trinajstić information content (AvgIpc) is 2.77. The van der Waals surface area contributed by atoms with Crippen molar-refractivity contribution in [1.29, 1.82) is 0 Å². The lowest BCUT2D eigenvalue weighted by atomic mass is 9.94. The van der Waals surface area contributed by atoms with Gasteiger partial charge in [-0.1, -0.05) is 12.2 Å². The van der Waals surface area contributed by atoms with Gasteiger partial charge in [-0.3, -0.25) is 9.69 Å². The molecule has 0 aliphatic carbocycles. The van der Waals surface area contributed by atoms with E-state index in [-0.39, 0.29) is 5.91 Å². The molecule has 2 rings (SSSR count). The lowest BCUT2D eigenvalue weighted by Gasteiger charge is -2.25. The molecule has 0 saturated carbocycles. The first-order valence-corrected chi connectivity index (χ1v) is 7.48. The third kappa shape index (κ3) is 3.80. The second-order valence-corrected chi connectivity index (χ2v) is 6.02. The molecule has 0 aromatic heterocycles. The lowest BCUT2D eigenvalue weighted by Crippen LogP contribution is -2.42.